The Kier molecular flexibility index (Phi) is 6.93. The molecule has 1 aromatic carbocycles. The van der Waals surface area contributed by atoms with Gasteiger partial charge in [-0.05, 0) is 23.8 Å². The van der Waals surface area contributed by atoms with Crippen LogP contribution in [0.5, 0.6) is 11.8 Å². The van der Waals surface area contributed by atoms with Gasteiger partial charge in [0.1, 0.15) is 18.5 Å². The van der Waals surface area contributed by atoms with Crippen molar-refractivity contribution in [3.8, 4) is 11.8 Å². The highest BCUT2D eigenvalue weighted by Crippen LogP contribution is 2.27. The predicted molar refractivity (Wildman–Crippen MR) is 99.1 cm³/mol. The van der Waals surface area contributed by atoms with Crippen LogP contribution in [0, 0.1) is 0 Å². The molecule has 1 aliphatic rings. The van der Waals surface area contributed by atoms with Crippen LogP contribution in [-0.4, -0.2) is 60.4 Å². The fraction of sp³-hybridized carbons (Fsp3) is 0.421. The molecule has 3 rings (SSSR count). The van der Waals surface area contributed by atoms with E-state index in [0.29, 0.717) is 13.1 Å². The maximum absolute atomic E-state index is 12.7. The molecule has 0 radical (unpaired) electrons. The molecular weight excluding hydrogens is 405 g/mol. The van der Waals surface area contributed by atoms with E-state index in [0.717, 1.165) is 23.6 Å². The van der Waals surface area contributed by atoms with Crippen LogP contribution in [0.2, 0.25) is 0 Å². The molecule has 2 amide bonds. The minimum Gasteiger partial charge on any atom is -0.497 e. The molecule has 8 nitrogen and oxygen atoms in total. The third-order valence-electron chi connectivity index (χ3n) is 4.35. The fourth-order valence-corrected chi connectivity index (χ4v) is 2.77. The topological polar surface area (TPSA) is 85.8 Å². The molecule has 162 valence electrons. The molecule has 0 bridgehead atoms. The molecule has 1 N–H and O–H groups in total. The van der Waals surface area contributed by atoms with Crippen molar-refractivity contribution in [1.82, 2.24) is 20.2 Å². The van der Waals surface area contributed by atoms with Gasteiger partial charge in [-0.3, -0.25) is 0 Å². The largest absolute Gasteiger partial charge is 0.497 e. The number of halogens is 3. The normalized spacial score (nSPS) is 16.8. The number of nitrogens with one attached hydrogen (secondary N) is 1. The summed E-state index contributed by atoms with van der Waals surface area (Å²) >= 11 is 0. The average Bonchev–Trinajstić information content (AvgIpc) is 2.76. The maximum Gasteiger partial charge on any atom is 0.433 e. The Balaban J connectivity index is 1.48. The van der Waals surface area contributed by atoms with Crippen molar-refractivity contribution in [3.63, 3.8) is 0 Å². The van der Waals surface area contributed by atoms with Gasteiger partial charge in [-0.2, -0.15) is 18.2 Å². The number of hydrogen-bond donors (Lipinski definition) is 1. The number of morpholine rings is 1. The molecule has 0 spiro atoms. The zero-order valence-corrected chi connectivity index (χ0v) is 16.2. The molecule has 1 aliphatic heterocycles. The van der Waals surface area contributed by atoms with Crippen molar-refractivity contribution in [2.45, 2.75) is 18.8 Å². The molecule has 1 fully saturated rings. The number of ether oxygens (including phenoxy) is 3. The van der Waals surface area contributed by atoms with Gasteiger partial charge in [0.2, 0.25) is 0 Å². The van der Waals surface area contributed by atoms with E-state index in [-0.39, 0.29) is 25.8 Å². The Morgan fingerprint density at radius 2 is 2.07 bits per heavy atom. The fourth-order valence-electron chi connectivity index (χ4n) is 2.77. The molecule has 30 heavy (non-hydrogen) atoms. The number of aromatic nitrogens is 2. The summed E-state index contributed by atoms with van der Waals surface area (Å²) in [6, 6.07) is 7.41. The first-order chi connectivity index (χ1) is 14.3. The second-order valence-corrected chi connectivity index (χ2v) is 6.48. The highest BCUT2D eigenvalue weighted by molar-refractivity contribution is 5.74. The summed E-state index contributed by atoms with van der Waals surface area (Å²) in [4.78, 5) is 21.0. The Morgan fingerprint density at radius 3 is 2.77 bits per heavy atom. The minimum absolute atomic E-state index is 0.0798. The van der Waals surface area contributed by atoms with Crippen LogP contribution < -0.4 is 14.8 Å². The van der Waals surface area contributed by atoms with E-state index in [1.807, 2.05) is 12.1 Å². The van der Waals surface area contributed by atoms with Crippen LogP contribution >= 0.6 is 0 Å². The highest BCUT2D eigenvalue weighted by Gasteiger charge is 2.33. The second-order valence-electron chi connectivity index (χ2n) is 6.48. The van der Waals surface area contributed by atoms with E-state index in [1.54, 1.807) is 24.1 Å². The first kappa shape index (κ1) is 21.6. The van der Waals surface area contributed by atoms with E-state index in [4.69, 9.17) is 14.2 Å². The Labute approximate surface area is 171 Å². The molecule has 2 heterocycles. The molecule has 11 heteroatoms. The molecule has 1 atom stereocenters. The lowest BCUT2D eigenvalue weighted by molar-refractivity contribution is -0.141. The smallest absolute Gasteiger partial charge is 0.433 e. The molecular formula is C19H21F3N4O4. The summed E-state index contributed by atoms with van der Waals surface area (Å²) in [5, 5.41) is 2.82. The van der Waals surface area contributed by atoms with Gasteiger partial charge in [0.15, 0.2) is 5.69 Å². The van der Waals surface area contributed by atoms with Gasteiger partial charge in [-0.25, -0.2) is 9.78 Å². The standard InChI is InChI=1S/C19H21F3N4O4/c1-28-14-4-2-13(3-5-14)10-24-18(27)26-8-9-29-15(11-26)12-30-17-23-7-6-16(25-17)19(20,21)22/h2-7,15H,8-12H2,1H3,(H,24,27). The number of hydrogen-bond acceptors (Lipinski definition) is 6. The number of urea groups is 1. The van der Waals surface area contributed by atoms with E-state index in [1.165, 1.54) is 0 Å². The molecule has 2 aromatic rings. The number of methoxy groups -OCH3 is 1. The number of benzene rings is 1. The van der Waals surface area contributed by atoms with Gasteiger partial charge in [0.25, 0.3) is 0 Å². The lowest BCUT2D eigenvalue weighted by Crippen LogP contribution is -2.50. The monoisotopic (exact) mass is 426 g/mol. The van der Waals surface area contributed by atoms with Crippen molar-refractivity contribution >= 4 is 6.03 Å². The number of carbonyl (C=O) groups is 1. The molecule has 1 unspecified atom stereocenters. The zero-order chi connectivity index (χ0) is 21.6. The quantitative estimate of drug-likeness (QED) is 0.764. The lowest BCUT2D eigenvalue weighted by atomic mass is 10.2. The van der Waals surface area contributed by atoms with Crippen molar-refractivity contribution in [3.05, 3.63) is 47.8 Å². The van der Waals surface area contributed by atoms with Crippen LogP contribution in [0.25, 0.3) is 0 Å². The van der Waals surface area contributed by atoms with Gasteiger partial charge < -0.3 is 24.4 Å². The van der Waals surface area contributed by atoms with Crippen LogP contribution in [0.4, 0.5) is 18.0 Å². The van der Waals surface area contributed by atoms with E-state index < -0.39 is 24.0 Å². The summed E-state index contributed by atoms with van der Waals surface area (Å²) in [6.45, 7) is 1.18. The summed E-state index contributed by atoms with van der Waals surface area (Å²) in [5.41, 5.74) is -0.171. The van der Waals surface area contributed by atoms with Crippen LogP contribution in [0.3, 0.4) is 0 Å². The van der Waals surface area contributed by atoms with Gasteiger partial charge in [0.05, 0.1) is 20.3 Å². The van der Waals surface area contributed by atoms with Crippen LogP contribution in [0.1, 0.15) is 11.3 Å². The van der Waals surface area contributed by atoms with Crippen molar-refractivity contribution in [2.24, 2.45) is 0 Å². The van der Waals surface area contributed by atoms with Crippen molar-refractivity contribution < 1.29 is 32.2 Å². The highest BCUT2D eigenvalue weighted by atomic mass is 19.4. The van der Waals surface area contributed by atoms with Gasteiger partial charge >= 0.3 is 18.2 Å². The first-order valence-electron chi connectivity index (χ1n) is 9.15. The zero-order valence-electron chi connectivity index (χ0n) is 16.2. The second kappa shape index (κ2) is 9.61. The average molecular weight is 426 g/mol. The Morgan fingerprint density at radius 1 is 1.30 bits per heavy atom. The Hall–Kier alpha value is -3.08. The SMILES string of the molecule is COc1ccc(CNC(=O)N2CCOC(COc3nccc(C(F)(F)F)n3)C2)cc1. The molecule has 1 saturated heterocycles. The minimum atomic E-state index is -4.58. The first-order valence-corrected chi connectivity index (χ1v) is 9.15. The summed E-state index contributed by atoms with van der Waals surface area (Å²) in [6.07, 6.45) is -4.11. The molecule has 0 saturated carbocycles. The third kappa shape index (κ3) is 5.96. The summed E-state index contributed by atoms with van der Waals surface area (Å²) < 4.78 is 54.0. The van der Waals surface area contributed by atoms with Crippen LogP contribution in [-0.2, 0) is 17.5 Å². The van der Waals surface area contributed by atoms with Crippen molar-refractivity contribution in [2.75, 3.05) is 33.4 Å². The van der Waals surface area contributed by atoms with E-state index >= 15 is 0 Å². The number of alkyl halides is 3. The number of amides is 2. The number of rotatable bonds is 6. The number of nitrogens with zero attached hydrogens (tertiary/aromatic N) is 3. The van der Waals surface area contributed by atoms with Gasteiger partial charge in [-0.15, -0.1) is 0 Å². The lowest BCUT2D eigenvalue weighted by Gasteiger charge is -2.32. The third-order valence-corrected chi connectivity index (χ3v) is 4.35. The van der Waals surface area contributed by atoms with E-state index in [2.05, 4.69) is 15.3 Å². The summed E-state index contributed by atoms with van der Waals surface area (Å²) in [5.74, 6) is 0.728. The van der Waals surface area contributed by atoms with E-state index in [9.17, 15) is 18.0 Å². The predicted octanol–water partition coefficient (Wildman–Crippen LogP) is 2.49. The molecule has 0 aliphatic carbocycles. The maximum atomic E-state index is 12.7. The van der Waals surface area contributed by atoms with Crippen molar-refractivity contribution in [1.29, 1.82) is 0 Å². The van der Waals surface area contributed by atoms with Crippen LogP contribution in [0.15, 0.2) is 36.5 Å². The Bertz CT molecular complexity index is 848. The van der Waals surface area contributed by atoms with Gasteiger partial charge in [0, 0.05) is 19.3 Å². The molecule has 1 aromatic heterocycles. The number of carbonyl (C=O) groups excluding carboxylic acids is 1. The van der Waals surface area contributed by atoms with Gasteiger partial charge in [-0.1, -0.05) is 12.1 Å². The summed E-state index contributed by atoms with van der Waals surface area (Å²) in [7, 11) is 1.58.